The summed E-state index contributed by atoms with van der Waals surface area (Å²) in [6.45, 7) is 2.78. The van der Waals surface area contributed by atoms with Crippen molar-refractivity contribution in [3.8, 4) is 0 Å². The van der Waals surface area contributed by atoms with Gasteiger partial charge in [-0.2, -0.15) is 0 Å². The largest absolute Gasteiger partial charge is 0.359 e. The first-order valence-electron chi connectivity index (χ1n) is 11.3. The molecular formula is C21H37N7OS. The molecule has 0 radical (unpaired) electrons. The normalized spacial score (nSPS) is 18.8. The quantitative estimate of drug-likeness (QED) is 0.282. The van der Waals surface area contributed by atoms with Crippen molar-refractivity contribution in [3.05, 3.63) is 5.82 Å². The number of nitrogens with one attached hydrogen (secondary N) is 2. The number of carbonyl (C=O) groups is 1. The third kappa shape index (κ3) is 5.89. The molecule has 1 saturated heterocycles. The van der Waals surface area contributed by atoms with Gasteiger partial charge in [-0.05, 0) is 44.3 Å². The number of piperidine rings is 1. The first-order valence-corrected chi connectivity index (χ1v) is 12.5. The van der Waals surface area contributed by atoms with Crippen LogP contribution in [0.5, 0.6) is 0 Å². The molecule has 30 heavy (non-hydrogen) atoms. The van der Waals surface area contributed by atoms with Gasteiger partial charge in [-0.25, -0.2) is 0 Å². The summed E-state index contributed by atoms with van der Waals surface area (Å²) in [6.07, 6.45) is 11.9. The van der Waals surface area contributed by atoms with E-state index in [0.29, 0.717) is 18.4 Å². The van der Waals surface area contributed by atoms with E-state index in [1.165, 1.54) is 25.7 Å². The molecule has 1 aromatic heterocycles. The Morgan fingerprint density at radius 1 is 1.20 bits per heavy atom. The van der Waals surface area contributed by atoms with Crippen LogP contribution in [0.2, 0.25) is 0 Å². The first kappa shape index (κ1) is 22.9. The van der Waals surface area contributed by atoms with E-state index >= 15 is 0 Å². The van der Waals surface area contributed by atoms with E-state index in [2.05, 4.69) is 41.5 Å². The van der Waals surface area contributed by atoms with E-state index in [1.54, 1.807) is 18.8 Å². The Morgan fingerprint density at radius 3 is 2.57 bits per heavy atom. The molecule has 3 rings (SSSR count). The highest BCUT2D eigenvalue weighted by Gasteiger charge is 2.24. The van der Waals surface area contributed by atoms with Crippen molar-refractivity contribution in [1.82, 2.24) is 30.3 Å². The van der Waals surface area contributed by atoms with Gasteiger partial charge in [0.1, 0.15) is 5.82 Å². The summed E-state index contributed by atoms with van der Waals surface area (Å²) in [5.74, 6) is 2.71. The molecule has 1 amide bonds. The molecule has 2 aliphatic rings. The monoisotopic (exact) mass is 435 g/mol. The molecule has 8 nitrogen and oxygen atoms in total. The van der Waals surface area contributed by atoms with Gasteiger partial charge < -0.3 is 20.1 Å². The summed E-state index contributed by atoms with van der Waals surface area (Å²) < 4.78 is 2.39. The number of likely N-dealkylation sites (tertiary alicyclic amines) is 1. The molecule has 1 saturated carbocycles. The molecule has 0 bridgehead atoms. The van der Waals surface area contributed by atoms with Gasteiger partial charge in [0.05, 0.1) is 0 Å². The number of amides is 1. The van der Waals surface area contributed by atoms with Crippen LogP contribution in [0.15, 0.2) is 10.1 Å². The van der Waals surface area contributed by atoms with Gasteiger partial charge in [-0.3, -0.25) is 9.79 Å². The molecule has 9 heteroatoms. The lowest BCUT2D eigenvalue weighted by Gasteiger charge is -2.34. The SMILES string of the molecule is CN=C(NCCCc1nnc(SC)n1C1CCCC1)N1CCC(CC(=O)NC)CC1. The van der Waals surface area contributed by atoms with Crippen LogP contribution < -0.4 is 10.6 Å². The summed E-state index contributed by atoms with van der Waals surface area (Å²) in [7, 11) is 3.56. The molecule has 1 aliphatic carbocycles. The lowest BCUT2D eigenvalue weighted by atomic mass is 9.93. The van der Waals surface area contributed by atoms with Crippen molar-refractivity contribution in [1.29, 1.82) is 0 Å². The highest BCUT2D eigenvalue weighted by molar-refractivity contribution is 7.98. The van der Waals surface area contributed by atoms with Gasteiger partial charge in [0.15, 0.2) is 11.1 Å². The zero-order valence-electron chi connectivity index (χ0n) is 18.7. The number of hydrogen-bond donors (Lipinski definition) is 2. The van der Waals surface area contributed by atoms with E-state index in [9.17, 15) is 4.79 Å². The Bertz CT molecular complexity index is 706. The van der Waals surface area contributed by atoms with Gasteiger partial charge >= 0.3 is 0 Å². The molecular weight excluding hydrogens is 398 g/mol. The third-order valence-electron chi connectivity index (χ3n) is 6.35. The molecule has 0 spiro atoms. The number of hydrogen-bond acceptors (Lipinski definition) is 5. The fourth-order valence-corrected chi connectivity index (χ4v) is 5.21. The van der Waals surface area contributed by atoms with E-state index in [-0.39, 0.29) is 5.91 Å². The fourth-order valence-electron chi connectivity index (χ4n) is 4.64. The van der Waals surface area contributed by atoms with Gasteiger partial charge in [-0.15, -0.1) is 10.2 Å². The number of aliphatic imine (C=N–C) groups is 1. The lowest BCUT2D eigenvalue weighted by Crippen LogP contribution is -2.46. The van der Waals surface area contributed by atoms with Gasteiger partial charge in [0, 0.05) is 52.6 Å². The van der Waals surface area contributed by atoms with Crippen molar-refractivity contribution >= 4 is 23.6 Å². The van der Waals surface area contributed by atoms with Crippen LogP contribution >= 0.6 is 11.8 Å². The summed E-state index contributed by atoms with van der Waals surface area (Å²) in [5, 5.41) is 16.2. The summed E-state index contributed by atoms with van der Waals surface area (Å²) in [6, 6.07) is 0.578. The van der Waals surface area contributed by atoms with Crippen LogP contribution in [-0.2, 0) is 11.2 Å². The van der Waals surface area contributed by atoms with Crippen molar-refractivity contribution in [2.45, 2.75) is 69.0 Å². The minimum atomic E-state index is 0.144. The van der Waals surface area contributed by atoms with Crippen LogP contribution in [0.3, 0.4) is 0 Å². The summed E-state index contributed by atoms with van der Waals surface area (Å²) >= 11 is 1.70. The maximum atomic E-state index is 11.6. The number of nitrogens with zero attached hydrogens (tertiary/aromatic N) is 5. The molecule has 1 aliphatic heterocycles. The maximum Gasteiger partial charge on any atom is 0.220 e. The van der Waals surface area contributed by atoms with Crippen LogP contribution in [0.25, 0.3) is 0 Å². The van der Waals surface area contributed by atoms with E-state index in [4.69, 9.17) is 0 Å². The number of guanidine groups is 1. The average molecular weight is 436 g/mol. The Balaban J connectivity index is 1.44. The predicted molar refractivity (Wildman–Crippen MR) is 122 cm³/mol. The van der Waals surface area contributed by atoms with E-state index < -0.39 is 0 Å². The highest BCUT2D eigenvalue weighted by Crippen LogP contribution is 2.33. The molecule has 0 unspecified atom stereocenters. The molecule has 0 atom stereocenters. The van der Waals surface area contributed by atoms with Crippen molar-refractivity contribution in [2.24, 2.45) is 10.9 Å². The Hall–Kier alpha value is -1.77. The fraction of sp³-hybridized carbons (Fsp3) is 0.810. The average Bonchev–Trinajstić information content (AvgIpc) is 3.43. The second-order valence-corrected chi connectivity index (χ2v) is 9.07. The van der Waals surface area contributed by atoms with E-state index in [0.717, 1.165) is 62.3 Å². The zero-order chi connectivity index (χ0) is 21.3. The zero-order valence-corrected chi connectivity index (χ0v) is 19.5. The summed E-state index contributed by atoms with van der Waals surface area (Å²) in [4.78, 5) is 18.4. The third-order valence-corrected chi connectivity index (χ3v) is 6.99. The second kappa shape index (κ2) is 11.6. The van der Waals surface area contributed by atoms with Gasteiger partial charge in [-0.1, -0.05) is 24.6 Å². The minimum absolute atomic E-state index is 0.144. The van der Waals surface area contributed by atoms with Crippen molar-refractivity contribution < 1.29 is 4.79 Å². The molecule has 0 aromatic carbocycles. The van der Waals surface area contributed by atoms with Crippen LogP contribution in [0.4, 0.5) is 0 Å². The Morgan fingerprint density at radius 2 is 1.93 bits per heavy atom. The second-order valence-electron chi connectivity index (χ2n) is 8.30. The van der Waals surface area contributed by atoms with Crippen molar-refractivity contribution in [3.63, 3.8) is 0 Å². The van der Waals surface area contributed by atoms with E-state index in [1.807, 2.05) is 7.05 Å². The number of thioether (sulfide) groups is 1. The Kier molecular flexibility index (Phi) is 8.84. The number of aromatic nitrogens is 3. The number of carbonyl (C=O) groups excluding carboxylic acids is 1. The molecule has 168 valence electrons. The number of aryl methyl sites for hydroxylation is 1. The minimum Gasteiger partial charge on any atom is -0.359 e. The smallest absolute Gasteiger partial charge is 0.220 e. The molecule has 2 N–H and O–H groups in total. The highest BCUT2D eigenvalue weighted by atomic mass is 32.2. The van der Waals surface area contributed by atoms with Gasteiger partial charge in [0.2, 0.25) is 5.91 Å². The molecule has 1 aromatic rings. The van der Waals surface area contributed by atoms with Crippen LogP contribution in [0, 0.1) is 5.92 Å². The van der Waals surface area contributed by atoms with Gasteiger partial charge in [0.25, 0.3) is 0 Å². The summed E-state index contributed by atoms with van der Waals surface area (Å²) in [5.41, 5.74) is 0. The standard InChI is InChI=1S/C21H37N7OS/c1-22-19(29)15-16-10-13-27(14-11-16)20(23-2)24-12-6-9-18-25-26-21(30-3)28(18)17-7-4-5-8-17/h16-17H,4-15H2,1-3H3,(H,22,29)(H,23,24). The lowest BCUT2D eigenvalue weighted by molar-refractivity contribution is -0.121. The first-order chi connectivity index (χ1) is 14.7. The topological polar surface area (TPSA) is 87.4 Å². The predicted octanol–water partition coefficient (Wildman–Crippen LogP) is 2.47. The molecule has 2 fully saturated rings. The van der Waals surface area contributed by atoms with Crippen LogP contribution in [0.1, 0.15) is 63.2 Å². The Labute approximate surface area is 184 Å². The maximum absolute atomic E-state index is 11.6. The van der Waals surface area contributed by atoms with Crippen LogP contribution in [-0.4, -0.2) is 71.5 Å². The number of rotatable bonds is 8. The van der Waals surface area contributed by atoms with Crippen molar-refractivity contribution in [2.75, 3.05) is 40.0 Å². The molecule has 2 heterocycles.